The third kappa shape index (κ3) is 3.94. The number of aliphatic hydroxyl groups excluding tert-OH is 1. The Bertz CT molecular complexity index is 247. The number of likely N-dealkylation sites (N-methyl/N-ethyl adjacent to an activating group) is 1. The lowest BCUT2D eigenvalue weighted by Gasteiger charge is -2.33. The van der Waals surface area contributed by atoms with Crippen LogP contribution in [-0.4, -0.2) is 48.3 Å². The Morgan fingerprint density at radius 2 is 2.06 bits per heavy atom. The zero-order valence-electron chi connectivity index (χ0n) is 10.7. The standard InChI is InChI=1S/C12H23NO3/c1-6-12(4,16-5)9-13(7-2)11(15)10(3)8-14/h14H,3,6-9H2,1-2,4-5H3. The van der Waals surface area contributed by atoms with E-state index in [1.165, 1.54) is 0 Å². The molecule has 0 heterocycles. The molecule has 0 rings (SSSR count). The van der Waals surface area contributed by atoms with Gasteiger partial charge in [0.25, 0.3) is 5.91 Å². The summed E-state index contributed by atoms with van der Waals surface area (Å²) in [6.45, 7) is 10.2. The third-order valence-electron chi connectivity index (χ3n) is 2.93. The van der Waals surface area contributed by atoms with Gasteiger partial charge in [-0.2, -0.15) is 0 Å². The number of amides is 1. The molecule has 0 fully saturated rings. The first-order valence-corrected chi connectivity index (χ1v) is 5.57. The molecule has 0 aliphatic rings. The van der Waals surface area contributed by atoms with E-state index in [-0.39, 0.29) is 23.7 Å². The van der Waals surface area contributed by atoms with Crippen LogP contribution in [0, 0.1) is 0 Å². The average molecular weight is 229 g/mol. The molecule has 0 aliphatic heterocycles. The minimum Gasteiger partial charge on any atom is -0.391 e. The number of carbonyl (C=O) groups is 1. The van der Waals surface area contributed by atoms with E-state index in [2.05, 4.69) is 6.58 Å². The molecule has 1 amide bonds. The van der Waals surface area contributed by atoms with Gasteiger partial charge in [-0.25, -0.2) is 0 Å². The molecular weight excluding hydrogens is 206 g/mol. The number of hydrogen-bond acceptors (Lipinski definition) is 3. The van der Waals surface area contributed by atoms with Crippen LogP contribution in [0.25, 0.3) is 0 Å². The Balaban J connectivity index is 4.63. The molecular formula is C12H23NO3. The topological polar surface area (TPSA) is 49.8 Å². The van der Waals surface area contributed by atoms with Gasteiger partial charge in [0.2, 0.25) is 0 Å². The Morgan fingerprint density at radius 1 is 1.50 bits per heavy atom. The number of nitrogens with zero attached hydrogens (tertiary/aromatic N) is 1. The van der Waals surface area contributed by atoms with Crippen LogP contribution in [0.2, 0.25) is 0 Å². The maximum absolute atomic E-state index is 11.8. The molecule has 0 aromatic carbocycles. The summed E-state index contributed by atoms with van der Waals surface area (Å²) in [5.74, 6) is -0.207. The van der Waals surface area contributed by atoms with Crippen molar-refractivity contribution in [3.05, 3.63) is 12.2 Å². The van der Waals surface area contributed by atoms with E-state index in [1.807, 2.05) is 20.8 Å². The van der Waals surface area contributed by atoms with E-state index in [1.54, 1.807) is 12.0 Å². The first-order chi connectivity index (χ1) is 7.44. The molecule has 0 bridgehead atoms. The molecule has 0 spiro atoms. The van der Waals surface area contributed by atoms with Crippen LogP contribution >= 0.6 is 0 Å². The Kier molecular flexibility index (Phi) is 6.29. The van der Waals surface area contributed by atoms with Crippen LogP contribution in [0.15, 0.2) is 12.2 Å². The number of hydrogen-bond donors (Lipinski definition) is 1. The van der Waals surface area contributed by atoms with Gasteiger partial charge in [-0.15, -0.1) is 0 Å². The quantitative estimate of drug-likeness (QED) is 0.667. The van der Waals surface area contributed by atoms with E-state index in [0.29, 0.717) is 13.1 Å². The van der Waals surface area contributed by atoms with Crippen molar-refractivity contribution in [2.75, 3.05) is 26.8 Å². The van der Waals surface area contributed by atoms with Crippen LogP contribution in [0.1, 0.15) is 27.2 Å². The highest BCUT2D eigenvalue weighted by Crippen LogP contribution is 2.16. The van der Waals surface area contributed by atoms with E-state index < -0.39 is 0 Å². The van der Waals surface area contributed by atoms with Gasteiger partial charge in [0.1, 0.15) is 0 Å². The van der Waals surface area contributed by atoms with Crippen molar-refractivity contribution in [2.24, 2.45) is 0 Å². The van der Waals surface area contributed by atoms with Crippen LogP contribution < -0.4 is 0 Å². The first-order valence-electron chi connectivity index (χ1n) is 5.57. The molecule has 1 N–H and O–H groups in total. The smallest absolute Gasteiger partial charge is 0.251 e. The lowest BCUT2D eigenvalue weighted by molar-refractivity contribution is -0.131. The maximum Gasteiger partial charge on any atom is 0.251 e. The zero-order chi connectivity index (χ0) is 12.8. The number of methoxy groups -OCH3 is 1. The SMILES string of the molecule is C=C(CO)C(=O)N(CC)CC(C)(CC)OC. The molecule has 1 atom stereocenters. The van der Waals surface area contributed by atoms with Gasteiger partial charge in [0.05, 0.1) is 12.2 Å². The summed E-state index contributed by atoms with van der Waals surface area (Å²) in [5, 5.41) is 8.88. The van der Waals surface area contributed by atoms with Gasteiger partial charge in [0, 0.05) is 25.8 Å². The predicted molar refractivity (Wildman–Crippen MR) is 64.2 cm³/mol. The molecule has 0 aromatic rings. The fourth-order valence-corrected chi connectivity index (χ4v) is 1.34. The molecule has 4 heteroatoms. The van der Waals surface area contributed by atoms with Gasteiger partial charge >= 0.3 is 0 Å². The molecule has 4 nitrogen and oxygen atoms in total. The van der Waals surface area contributed by atoms with Crippen molar-refractivity contribution in [1.29, 1.82) is 0 Å². The summed E-state index contributed by atoms with van der Waals surface area (Å²) >= 11 is 0. The van der Waals surface area contributed by atoms with Gasteiger partial charge < -0.3 is 14.7 Å². The van der Waals surface area contributed by atoms with Gasteiger partial charge in [-0.05, 0) is 20.3 Å². The minimum absolute atomic E-state index is 0.207. The summed E-state index contributed by atoms with van der Waals surface area (Å²) in [4.78, 5) is 13.5. The highest BCUT2D eigenvalue weighted by atomic mass is 16.5. The normalized spacial score (nSPS) is 14.3. The third-order valence-corrected chi connectivity index (χ3v) is 2.93. The molecule has 0 saturated heterocycles. The fraction of sp³-hybridized carbons (Fsp3) is 0.750. The van der Waals surface area contributed by atoms with E-state index >= 15 is 0 Å². The van der Waals surface area contributed by atoms with Crippen molar-refractivity contribution >= 4 is 5.91 Å². The molecule has 94 valence electrons. The lowest BCUT2D eigenvalue weighted by atomic mass is 10.0. The van der Waals surface area contributed by atoms with Crippen molar-refractivity contribution in [3.8, 4) is 0 Å². The summed E-state index contributed by atoms with van der Waals surface area (Å²) in [6.07, 6.45) is 0.818. The molecule has 0 radical (unpaired) electrons. The number of aliphatic hydroxyl groups is 1. The van der Waals surface area contributed by atoms with Gasteiger partial charge in [-0.1, -0.05) is 13.5 Å². The molecule has 0 saturated carbocycles. The Labute approximate surface area is 97.9 Å². The maximum atomic E-state index is 11.8. The fourth-order valence-electron chi connectivity index (χ4n) is 1.34. The largest absolute Gasteiger partial charge is 0.391 e. The van der Waals surface area contributed by atoms with Crippen molar-refractivity contribution in [2.45, 2.75) is 32.8 Å². The van der Waals surface area contributed by atoms with Gasteiger partial charge in [-0.3, -0.25) is 4.79 Å². The average Bonchev–Trinajstić information content (AvgIpc) is 2.33. The minimum atomic E-state index is -0.346. The van der Waals surface area contributed by atoms with Gasteiger partial charge in [0.15, 0.2) is 0 Å². The van der Waals surface area contributed by atoms with E-state index in [0.717, 1.165) is 6.42 Å². The molecule has 1 unspecified atom stereocenters. The zero-order valence-corrected chi connectivity index (χ0v) is 10.7. The molecule has 0 aliphatic carbocycles. The van der Waals surface area contributed by atoms with E-state index in [4.69, 9.17) is 9.84 Å². The number of rotatable bonds is 7. The van der Waals surface area contributed by atoms with Crippen molar-refractivity contribution in [3.63, 3.8) is 0 Å². The highest BCUT2D eigenvalue weighted by Gasteiger charge is 2.27. The lowest BCUT2D eigenvalue weighted by Crippen LogP contribution is -2.45. The van der Waals surface area contributed by atoms with E-state index in [9.17, 15) is 4.79 Å². The predicted octanol–water partition coefficient (Wildman–Crippen LogP) is 1.20. The first kappa shape index (κ1) is 15.1. The second kappa shape index (κ2) is 6.66. The molecule has 16 heavy (non-hydrogen) atoms. The summed E-state index contributed by atoms with van der Waals surface area (Å²) in [7, 11) is 1.64. The monoisotopic (exact) mass is 229 g/mol. The summed E-state index contributed by atoms with van der Waals surface area (Å²) < 4.78 is 5.40. The summed E-state index contributed by atoms with van der Waals surface area (Å²) in [6, 6.07) is 0. The summed E-state index contributed by atoms with van der Waals surface area (Å²) in [5.41, 5.74) is -0.127. The van der Waals surface area contributed by atoms with Crippen LogP contribution in [0.3, 0.4) is 0 Å². The van der Waals surface area contributed by atoms with Crippen LogP contribution in [-0.2, 0) is 9.53 Å². The molecule has 0 aromatic heterocycles. The highest BCUT2D eigenvalue weighted by molar-refractivity contribution is 5.93. The van der Waals surface area contributed by atoms with Crippen molar-refractivity contribution < 1.29 is 14.6 Å². The Hall–Kier alpha value is -0.870. The van der Waals surface area contributed by atoms with Crippen molar-refractivity contribution in [1.82, 2.24) is 4.90 Å². The van der Waals surface area contributed by atoms with Crippen LogP contribution in [0.4, 0.5) is 0 Å². The Morgan fingerprint density at radius 3 is 2.38 bits per heavy atom. The second-order valence-electron chi connectivity index (χ2n) is 4.09. The second-order valence-corrected chi connectivity index (χ2v) is 4.09. The van der Waals surface area contributed by atoms with Crippen LogP contribution in [0.5, 0.6) is 0 Å². The number of carbonyl (C=O) groups excluding carboxylic acids is 1. The number of ether oxygens (including phenoxy) is 1.